The van der Waals surface area contributed by atoms with Gasteiger partial charge in [-0.25, -0.2) is 4.98 Å². The molecule has 2 atom stereocenters. The number of aryl methyl sites for hydroxylation is 1. The quantitative estimate of drug-likeness (QED) is 0.902. The number of nitrogens with one attached hydrogen (secondary N) is 2. The van der Waals surface area contributed by atoms with Gasteiger partial charge in [-0.3, -0.25) is 9.59 Å². The van der Waals surface area contributed by atoms with Crippen molar-refractivity contribution in [1.82, 2.24) is 14.9 Å². The lowest BCUT2D eigenvalue weighted by Gasteiger charge is -2.23. The summed E-state index contributed by atoms with van der Waals surface area (Å²) >= 11 is 0. The predicted octanol–water partition coefficient (Wildman–Crippen LogP) is 1.69. The molecule has 0 spiro atoms. The molecule has 0 bridgehead atoms. The van der Waals surface area contributed by atoms with E-state index in [1.54, 1.807) is 0 Å². The van der Waals surface area contributed by atoms with Gasteiger partial charge in [0.2, 0.25) is 11.8 Å². The second kappa shape index (κ2) is 6.11. The van der Waals surface area contributed by atoms with Gasteiger partial charge >= 0.3 is 0 Å². The number of hydrogen-bond donors (Lipinski definition) is 2. The topological polar surface area (TPSA) is 76.0 Å². The van der Waals surface area contributed by atoms with E-state index in [9.17, 15) is 9.59 Å². The number of carbonyl (C=O) groups excluding carboxylic acids is 2. The smallest absolute Gasteiger partial charge is 0.227 e. The van der Waals surface area contributed by atoms with Crippen LogP contribution < -0.4 is 10.6 Å². The van der Waals surface area contributed by atoms with Crippen LogP contribution in [0, 0.1) is 5.92 Å². The van der Waals surface area contributed by atoms with E-state index in [1.165, 1.54) is 0 Å². The Morgan fingerprint density at radius 3 is 3.08 bits per heavy atom. The van der Waals surface area contributed by atoms with Crippen molar-refractivity contribution in [3.8, 4) is 0 Å². The van der Waals surface area contributed by atoms with Gasteiger partial charge in [0.25, 0.3) is 0 Å². The second-order valence-corrected chi connectivity index (χ2v) is 6.59. The third kappa shape index (κ3) is 2.91. The van der Waals surface area contributed by atoms with Crippen LogP contribution in [0.2, 0.25) is 0 Å². The van der Waals surface area contributed by atoms with Crippen molar-refractivity contribution in [2.75, 3.05) is 11.9 Å². The molecule has 6 heteroatoms. The lowest BCUT2D eigenvalue weighted by Crippen LogP contribution is -2.29. The van der Waals surface area contributed by atoms with Crippen LogP contribution in [-0.4, -0.2) is 27.9 Å². The summed E-state index contributed by atoms with van der Waals surface area (Å²) in [6.45, 7) is 1.51. The fraction of sp³-hybridized carbons (Fsp3) is 0.389. The second-order valence-electron chi connectivity index (χ2n) is 6.59. The maximum Gasteiger partial charge on any atom is 0.227 e. The van der Waals surface area contributed by atoms with Crippen LogP contribution in [0.3, 0.4) is 0 Å². The summed E-state index contributed by atoms with van der Waals surface area (Å²) in [5.74, 6) is 0.319. The SMILES string of the molecule is O=C1CC(c2cccc(NC(=O)C3CCn4cncc4C3)c2)CN1. The summed E-state index contributed by atoms with van der Waals surface area (Å²) in [5, 5.41) is 5.89. The van der Waals surface area contributed by atoms with Crippen molar-refractivity contribution in [2.24, 2.45) is 5.92 Å². The molecule has 2 N–H and O–H groups in total. The van der Waals surface area contributed by atoms with Crippen molar-refractivity contribution in [3.63, 3.8) is 0 Å². The maximum absolute atomic E-state index is 12.6. The number of carbonyl (C=O) groups is 2. The molecule has 124 valence electrons. The molecule has 2 aliphatic rings. The standard InChI is InChI=1S/C18H20N4O2/c23-17-8-14(9-20-17)12-2-1-3-15(6-12)21-18(24)13-4-5-22-11-19-10-16(22)7-13/h1-3,6,10-11,13-14H,4-5,7-9H2,(H,20,23)(H,21,24). The molecule has 24 heavy (non-hydrogen) atoms. The number of benzene rings is 1. The van der Waals surface area contributed by atoms with Gasteiger partial charge in [0.1, 0.15) is 0 Å². The zero-order chi connectivity index (χ0) is 16.5. The minimum absolute atomic E-state index is 0.0208. The monoisotopic (exact) mass is 324 g/mol. The van der Waals surface area contributed by atoms with Gasteiger partial charge in [-0.05, 0) is 24.1 Å². The van der Waals surface area contributed by atoms with Crippen LogP contribution in [0.15, 0.2) is 36.8 Å². The molecule has 1 fully saturated rings. The first kappa shape index (κ1) is 14.9. The van der Waals surface area contributed by atoms with Crippen LogP contribution in [0.25, 0.3) is 0 Å². The highest BCUT2D eigenvalue weighted by Gasteiger charge is 2.26. The van der Waals surface area contributed by atoms with Crippen LogP contribution >= 0.6 is 0 Å². The third-order valence-corrected chi connectivity index (χ3v) is 4.95. The minimum Gasteiger partial charge on any atom is -0.355 e. The van der Waals surface area contributed by atoms with Gasteiger partial charge in [0.15, 0.2) is 0 Å². The summed E-state index contributed by atoms with van der Waals surface area (Å²) in [7, 11) is 0. The largest absolute Gasteiger partial charge is 0.355 e. The van der Waals surface area contributed by atoms with E-state index >= 15 is 0 Å². The molecule has 1 aromatic heterocycles. The molecule has 1 aromatic carbocycles. The number of hydrogen-bond acceptors (Lipinski definition) is 3. The van der Waals surface area contributed by atoms with Crippen LogP contribution in [-0.2, 0) is 22.6 Å². The van der Waals surface area contributed by atoms with E-state index in [2.05, 4.69) is 20.2 Å². The highest BCUT2D eigenvalue weighted by Crippen LogP contribution is 2.26. The molecular weight excluding hydrogens is 304 g/mol. The van der Waals surface area contributed by atoms with Crippen LogP contribution in [0.5, 0.6) is 0 Å². The Labute approximate surface area is 140 Å². The summed E-state index contributed by atoms with van der Waals surface area (Å²) in [5.41, 5.74) is 3.01. The number of nitrogens with zero attached hydrogens (tertiary/aromatic N) is 2. The summed E-state index contributed by atoms with van der Waals surface area (Å²) in [4.78, 5) is 28.1. The van der Waals surface area contributed by atoms with Gasteiger partial charge in [0, 0.05) is 55.3 Å². The Kier molecular flexibility index (Phi) is 3.80. The fourth-order valence-corrected chi connectivity index (χ4v) is 3.55. The first-order chi connectivity index (χ1) is 11.7. The van der Waals surface area contributed by atoms with E-state index in [-0.39, 0.29) is 23.7 Å². The average Bonchev–Trinajstić information content (AvgIpc) is 3.23. The molecule has 2 aromatic rings. The Hall–Kier alpha value is -2.63. The number of anilines is 1. The average molecular weight is 324 g/mol. The molecule has 0 saturated carbocycles. The molecule has 3 heterocycles. The number of amides is 2. The fourth-order valence-electron chi connectivity index (χ4n) is 3.55. The number of fused-ring (bicyclic) bond motifs is 1. The zero-order valence-electron chi connectivity index (χ0n) is 13.4. The summed E-state index contributed by atoms with van der Waals surface area (Å²) in [6, 6.07) is 7.83. The maximum atomic E-state index is 12.6. The van der Waals surface area contributed by atoms with Gasteiger partial charge < -0.3 is 15.2 Å². The Bertz CT molecular complexity index is 783. The lowest BCUT2D eigenvalue weighted by molar-refractivity contribution is -0.120. The van der Waals surface area contributed by atoms with Gasteiger partial charge in [0.05, 0.1) is 6.33 Å². The summed E-state index contributed by atoms with van der Waals surface area (Å²) in [6.07, 6.45) is 5.74. The highest BCUT2D eigenvalue weighted by atomic mass is 16.2. The molecule has 2 aliphatic heterocycles. The highest BCUT2D eigenvalue weighted by molar-refractivity contribution is 5.93. The van der Waals surface area contributed by atoms with Crippen LogP contribution in [0.4, 0.5) is 5.69 Å². The number of rotatable bonds is 3. The third-order valence-electron chi connectivity index (χ3n) is 4.95. The van der Waals surface area contributed by atoms with E-state index in [4.69, 9.17) is 0 Å². The Balaban J connectivity index is 1.44. The van der Waals surface area contributed by atoms with Gasteiger partial charge in [-0.15, -0.1) is 0 Å². The van der Waals surface area contributed by atoms with Crippen molar-refractivity contribution in [1.29, 1.82) is 0 Å². The van der Waals surface area contributed by atoms with E-state index in [0.29, 0.717) is 13.0 Å². The van der Waals surface area contributed by atoms with Crippen molar-refractivity contribution >= 4 is 17.5 Å². The van der Waals surface area contributed by atoms with Gasteiger partial charge in [-0.1, -0.05) is 12.1 Å². The Morgan fingerprint density at radius 1 is 1.33 bits per heavy atom. The van der Waals surface area contributed by atoms with Crippen molar-refractivity contribution in [2.45, 2.75) is 31.7 Å². The summed E-state index contributed by atoms with van der Waals surface area (Å²) < 4.78 is 2.11. The van der Waals surface area contributed by atoms with Gasteiger partial charge in [-0.2, -0.15) is 0 Å². The molecule has 6 nitrogen and oxygen atoms in total. The molecule has 2 unspecified atom stereocenters. The van der Waals surface area contributed by atoms with E-state index in [1.807, 2.05) is 36.8 Å². The van der Waals surface area contributed by atoms with E-state index in [0.717, 1.165) is 36.3 Å². The Morgan fingerprint density at radius 2 is 2.25 bits per heavy atom. The minimum atomic E-state index is -0.0208. The molecule has 1 saturated heterocycles. The first-order valence-electron chi connectivity index (χ1n) is 8.35. The lowest BCUT2D eigenvalue weighted by atomic mass is 9.95. The normalized spacial score (nSPS) is 22.8. The van der Waals surface area contributed by atoms with Crippen molar-refractivity contribution < 1.29 is 9.59 Å². The molecule has 2 amide bonds. The molecule has 0 aliphatic carbocycles. The van der Waals surface area contributed by atoms with Crippen LogP contribution in [0.1, 0.15) is 30.0 Å². The number of aromatic nitrogens is 2. The van der Waals surface area contributed by atoms with E-state index < -0.39 is 0 Å². The van der Waals surface area contributed by atoms with Crippen molar-refractivity contribution in [3.05, 3.63) is 48.0 Å². The number of imidazole rings is 1. The first-order valence-corrected chi connectivity index (χ1v) is 8.35. The zero-order valence-corrected chi connectivity index (χ0v) is 13.4. The molecule has 0 radical (unpaired) electrons. The molecule has 4 rings (SSSR count). The molecular formula is C18H20N4O2. The predicted molar refractivity (Wildman–Crippen MR) is 89.5 cm³/mol.